The minimum atomic E-state index is -0.625. The number of carbonyl (C=O) groups is 1. The predicted molar refractivity (Wildman–Crippen MR) is 73.4 cm³/mol. The fraction of sp³-hybridized carbons (Fsp3) is 0.933. The van der Waals surface area contributed by atoms with Crippen LogP contribution in [-0.4, -0.2) is 50.1 Å². The molecule has 114 valence electrons. The third-order valence-electron chi connectivity index (χ3n) is 4.39. The van der Waals surface area contributed by atoms with Crippen molar-refractivity contribution in [2.24, 2.45) is 5.92 Å². The van der Waals surface area contributed by atoms with Gasteiger partial charge < -0.3 is 14.2 Å². The van der Waals surface area contributed by atoms with Crippen molar-refractivity contribution in [2.75, 3.05) is 26.4 Å². The maximum atomic E-state index is 12.5. The van der Waals surface area contributed by atoms with Gasteiger partial charge in [0.25, 0.3) is 0 Å². The molecule has 0 aromatic carbocycles. The van der Waals surface area contributed by atoms with E-state index in [1.165, 1.54) is 0 Å². The first-order chi connectivity index (χ1) is 9.74. The minimum absolute atomic E-state index is 0.128. The molecule has 0 amide bonds. The molecule has 0 spiro atoms. The van der Waals surface area contributed by atoms with Crippen LogP contribution in [0.3, 0.4) is 0 Å². The highest BCUT2D eigenvalue weighted by molar-refractivity contribution is 5.82. The van der Waals surface area contributed by atoms with Crippen LogP contribution in [0.15, 0.2) is 0 Å². The zero-order valence-electron chi connectivity index (χ0n) is 12.2. The highest BCUT2D eigenvalue weighted by Crippen LogP contribution is 2.43. The van der Waals surface area contributed by atoms with Crippen molar-refractivity contribution in [3.63, 3.8) is 0 Å². The third-order valence-corrected chi connectivity index (χ3v) is 4.39. The first-order valence-electron chi connectivity index (χ1n) is 7.89. The Morgan fingerprint density at radius 1 is 1.30 bits per heavy atom. The van der Waals surface area contributed by atoms with Gasteiger partial charge in [0.2, 0.25) is 0 Å². The lowest BCUT2D eigenvalue weighted by molar-refractivity contribution is -0.157. The molecule has 1 aliphatic heterocycles. The summed E-state index contributed by atoms with van der Waals surface area (Å²) >= 11 is 0. The predicted octanol–water partition coefficient (Wildman–Crippen LogP) is 1.26. The maximum Gasteiger partial charge on any atom is 0.329 e. The van der Waals surface area contributed by atoms with Crippen molar-refractivity contribution >= 4 is 5.97 Å². The summed E-state index contributed by atoms with van der Waals surface area (Å²) in [6.45, 7) is 4.11. The molecule has 0 aromatic heterocycles. The maximum absolute atomic E-state index is 12.5. The number of hydrogen-bond donors (Lipinski definition) is 1. The van der Waals surface area contributed by atoms with E-state index in [-0.39, 0.29) is 12.1 Å². The van der Waals surface area contributed by atoms with Crippen LogP contribution < -0.4 is 5.32 Å². The fourth-order valence-electron chi connectivity index (χ4n) is 2.88. The van der Waals surface area contributed by atoms with Crippen LogP contribution in [0.5, 0.6) is 0 Å². The number of rotatable bonds is 8. The van der Waals surface area contributed by atoms with Crippen molar-refractivity contribution < 1.29 is 19.0 Å². The summed E-state index contributed by atoms with van der Waals surface area (Å²) < 4.78 is 16.7. The second-order valence-corrected chi connectivity index (χ2v) is 6.18. The van der Waals surface area contributed by atoms with Crippen LogP contribution in [0.4, 0.5) is 0 Å². The smallest absolute Gasteiger partial charge is 0.329 e. The molecule has 0 radical (unpaired) electrons. The van der Waals surface area contributed by atoms with E-state index in [9.17, 15) is 4.79 Å². The summed E-state index contributed by atoms with van der Waals surface area (Å²) in [4.78, 5) is 12.5. The van der Waals surface area contributed by atoms with E-state index >= 15 is 0 Å². The van der Waals surface area contributed by atoms with E-state index in [0.29, 0.717) is 31.8 Å². The molecule has 2 unspecified atom stereocenters. The van der Waals surface area contributed by atoms with Crippen LogP contribution in [0.1, 0.15) is 39.0 Å². The summed E-state index contributed by atoms with van der Waals surface area (Å²) in [5.41, 5.74) is -0.625. The van der Waals surface area contributed by atoms with Crippen LogP contribution in [0.25, 0.3) is 0 Å². The quantitative estimate of drug-likeness (QED) is 0.680. The zero-order valence-corrected chi connectivity index (χ0v) is 12.2. The highest BCUT2D eigenvalue weighted by atomic mass is 16.6. The second-order valence-electron chi connectivity index (χ2n) is 6.18. The molecule has 20 heavy (non-hydrogen) atoms. The topological polar surface area (TPSA) is 56.8 Å². The van der Waals surface area contributed by atoms with Crippen molar-refractivity contribution in [1.29, 1.82) is 0 Å². The van der Waals surface area contributed by atoms with Gasteiger partial charge in [-0.1, -0.05) is 0 Å². The molecule has 3 rings (SSSR count). The van der Waals surface area contributed by atoms with Gasteiger partial charge in [0.1, 0.15) is 5.54 Å². The standard InChI is InChI=1S/C15H25NO4/c1-2-19-14(17)15(11-3-4-11,16-12-5-6-12)10-20-13-7-8-18-9-13/h11-13,16H,2-10H2,1H3. The molecular weight excluding hydrogens is 258 g/mol. The van der Waals surface area contributed by atoms with E-state index < -0.39 is 5.54 Å². The molecule has 1 saturated heterocycles. The van der Waals surface area contributed by atoms with Crippen molar-refractivity contribution in [2.45, 2.75) is 56.7 Å². The molecule has 3 aliphatic rings. The molecule has 0 bridgehead atoms. The fourth-order valence-corrected chi connectivity index (χ4v) is 2.88. The van der Waals surface area contributed by atoms with Gasteiger partial charge in [-0.05, 0) is 44.9 Å². The zero-order chi connectivity index (χ0) is 14.0. The van der Waals surface area contributed by atoms with Gasteiger partial charge in [-0.15, -0.1) is 0 Å². The molecule has 5 heteroatoms. The van der Waals surface area contributed by atoms with E-state index in [1.54, 1.807) is 0 Å². The van der Waals surface area contributed by atoms with Crippen molar-refractivity contribution in [3.05, 3.63) is 0 Å². The largest absolute Gasteiger partial charge is 0.465 e. The molecule has 1 N–H and O–H groups in total. The van der Waals surface area contributed by atoms with E-state index in [1.807, 2.05) is 6.92 Å². The lowest BCUT2D eigenvalue weighted by Crippen LogP contribution is -2.59. The lowest BCUT2D eigenvalue weighted by Gasteiger charge is -2.33. The van der Waals surface area contributed by atoms with E-state index in [2.05, 4.69) is 5.32 Å². The van der Waals surface area contributed by atoms with E-state index in [4.69, 9.17) is 14.2 Å². The lowest BCUT2D eigenvalue weighted by atomic mass is 9.93. The van der Waals surface area contributed by atoms with Crippen LogP contribution in [0, 0.1) is 5.92 Å². The molecule has 2 aliphatic carbocycles. The summed E-state index contributed by atoms with van der Waals surface area (Å²) in [5, 5.41) is 3.53. The molecule has 1 heterocycles. The normalized spacial score (nSPS) is 29.1. The molecule has 3 fully saturated rings. The average molecular weight is 283 g/mol. The first-order valence-corrected chi connectivity index (χ1v) is 7.89. The Morgan fingerprint density at radius 2 is 2.10 bits per heavy atom. The third kappa shape index (κ3) is 3.15. The molecular formula is C15H25NO4. The van der Waals surface area contributed by atoms with Crippen LogP contribution in [0.2, 0.25) is 0 Å². The molecule has 0 aromatic rings. The van der Waals surface area contributed by atoms with Gasteiger partial charge in [-0.3, -0.25) is 5.32 Å². The number of carbonyl (C=O) groups excluding carboxylic acids is 1. The average Bonchev–Trinajstić information content (AvgIpc) is 3.35. The van der Waals surface area contributed by atoms with Gasteiger partial charge in [0, 0.05) is 12.6 Å². The van der Waals surface area contributed by atoms with Gasteiger partial charge in [0.15, 0.2) is 0 Å². The van der Waals surface area contributed by atoms with E-state index in [0.717, 1.165) is 38.7 Å². The summed E-state index contributed by atoms with van der Waals surface area (Å²) in [7, 11) is 0. The van der Waals surface area contributed by atoms with Gasteiger partial charge in [0.05, 0.1) is 25.9 Å². The van der Waals surface area contributed by atoms with Gasteiger partial charge in [-0.2, -0.15) is 0 Å². The van der Waals surface area contributed by atoms with Crippen molar-refractivity contribution in [1.82, 2.24) is 5.32 Å². The van der Waals surface area contributed by atoms with Crippen LogP contribution >= 0.6 is 0 Å². The molecule has 2 saturated carbocycles. The summed E-state index contributed by atoms with van der Waals surface area (Å²) in [6.07, 6.45) is 5.53. The Kier molecular flexibility index (Phi) is 4.29. The Morgan fingerprint density at radius 3 is 2.65 bits per heavy atom. The Balaban J connectivity index is 1.67. The SMILES string of the molecule is CCOC(=O)C(COC1CCOC1)(NC1CC1)C1CC1. The first kappa shape index (κ1) is 14.3. The summed E-state index contributed by atoms with van der Waals surface area (Å²) in [6, 6.07) is 0.462. The van der Waals surface area contributed by atoms with Crippen LogP contribution in [-0.2, 0) is 19.0 Å². The van der Waals surface area contributed by atoms with Gasteiger partial charge in [-0.25, -0.2) is 4.79 Å². The monoisotopic (exact) mass is 283 g/mol. The number of ether oxygens (including phenoxy) is 3. The van der Waals surface area contributed by atoms with Crippen molar-refractivity contribution in [3.8, 4) is 0 Å². The summed E-state index contributed by atoms with van der Waals surface area (Å²) in [5.74, 6) is 0.234. The Labute approximate surface area is 120 Å². The number of esters is 1. The second kappa shape index (κ2) is 6.00. The number of hydrogen-bond acceptors (Lipinski definition) is 5. The van der Waals surface area contributed by atoms with Gasteiger partial charge >= 0.3 is 5.97 Å². The molecule has 2 atom stereocenters. The molecule has 5 nitrogen and oxygen atoms in total. The Bertz CT molecular complexity index is 348. The minimum Gasteiger partial charge on any atom is -0.465 e. The Hall–Kier alpha value is -0.650. The number of nitrogens with one attached hydrogen (secondary N) is 1. The highest BCUT2D eigenvalue weighted by Gasteiger charge is 2.54.